The fourth-order valence-corrected chi connectivity index (χ4v) is 5.08. The highest BCUT2D eigenvalue weighted by atomic mass is 32.1. The van der Waals surface area contributed by atoms with Crippen molar-refractivity contribution >= 4 is 17.2 Å². The van der Waals surface area contributed by atoms with Crippen molar-refractivity contribution in [2.45, 2.75) is 104 Å². The van der Waals surface area contributed by atoms with Gasteiger partial charge in [-0.1, -0.05) is 64.7 Å². The molecule has 7 heteroatoms. The van der Waals surface area contributed by atoms with E-state index in [0.29, 0.717) is 18.8 Å². The maximum Gasteiger partial charge on any atom is 0.267 e. The Bertz CT molecular complexity index is 833. The Hall–Kier alpha value is -1.57. The van der Waals surface area contributed by atoms with Crippen LogP contribution in [0.5, 0.6) is 0 Å². The number of unbranched alkanes of at least 4 members (excludes halogenated alkanes) is 3. The van der Waals surface area contributed by atoms with E-state index < -0.39 is 6.10 Å². The largest absolute Gasteiger partial charge is 0.396 e. The van der Waals surface area contributed by atoms with Crippen LogP contribution in [0.15, 0.2) is 6.20 Å². The zero-order valence-corrected chi connectivity index (χ0v) is 20.8. The van der Waals surface area contributed by atoms with Gasteiger partial charge < -0.3 is 15.9 Å². The topological polar surface area (TPSA) is 96.1 Å². The lowest BCUT2D eigenvalue weighted by molar-refractivity contribution is -0.700. The molecule has 0 saturated heterocycles. The first-order chi connectivity index (χ1) is 14.8. The standard InChI is InChI=1S/C24H41N4O2S/c1-6-9-10-11-12-19(30)22-28(17(4)20(31-22)13-14-29)16-18-15-26-23(27-21(18)25)24(5,7-2)8-3/h15,19,29-30H,6-14,16H2,1-5H3,(H2,25,26,27)/q+1. The average molecular weight is 450 g/mol. The molecule has 0 bridgehead atoms. The van der Waals surface area contributed by atoms with Crippen molar-refractivity contribution in [2.75, 3.05) is 12.3 Å². The fourth-order valence-electron chi connectivity index (χ4n) is 3.81. The van der Waals surface area contributed by atoms with E-state index >= 15 is 0 Å². The highest BCUT2D eigenvalue weighted by molar-refractivity contribution is 7.11. The van der Waals surface area contributed by atoms with E-state index in [9.17, 15) is 10.2 Å². The summed E-state index contributed by atoms with van der Waals surface area (Å²) < 4.78 is 2.13. The van der Waals surface area contributed by atoms with Gasteiger partial charge in [-0.05, 0) is 19.3 Å². The van der Waals surface area contributed by atoms with E-state index in [1.165, 1.54) is 12.8 Å². The second kappa shape index (κ2) is 11.9. The molecule has 4 N–H and O–H groups in total. The summed E-state index contributed by atoms with van der Waals surface area (Å²) in [5, 5.41) is 21.3. The Morgan fingerprint density at radius 1 is 1.19 bits per heavy atom. The smallest absolute Gasteiger partial charge is 0.267 e. The molecule has 0 aliphatic carbocycles. The third-order valence-electron chi connectivity index (χ3n) is 6.58. The molecule has 1 unspecified atom stereocenters. The van der Waals surface area contributed by atoms with Crippen LogP contribution in [0.3, 0.4) is 0 Å². The van der Waals surface area contributed by atoms with Gasteiger partial charge in [-0.3, -0.25) is 0 Å². The molecule has 0 aliphatic rings. The molecule has 2 rings (SSSR count). The van der Waals surface area contributed by atoms with Crippen molar-refractivity contribution in [1.82, 2.24) is 9.97 Å². The molecule has 0 radical (unpaired) electrons. The zero-order chi connectivity index (χ0) is 23.0. The van der Waals surface area contributed by atoms with Crippen LogP contribution in [0, 0.1) is 6.92 Å². The van der Waals surface area contributed by atoms with Gasteiger partial charge in [0.2, 0.25) is 0 Å². The highest BCUT2D eigenvalue weighted by Crippen LogP contribution is 2.30. The van der Waals surface area contributed by atoms with Crippen LogP contribution in [0.1, 0.15) is 106 Å². The molecule has 0 fully saturated rings. The van der Waals surface area contributed by atoms with Gasteiger partial charge in [-0.25, -0.2) is 9.97 Å². The van der Waals surface area contributed by atoms with Gasteiger partial charge in [-0.2, -0.15) is 4.57 Å². The van der Waals surface area contributed by atoms with Crippen molar-refractivity contribution in [3.05, 3.63) is 33.2 Å². The molecule has 0 spiro atoms. The minimum absolute atomic E-state index is 0.0772. The van der Waals surface area contributed by atoms with Crippen LogP contribution in [-0.4, -0.2) is 26.8 Å². The third-order valence-corrected chi connectivity index (χ3v) is 8.03. The summed E-state index contributed by atoms with van der Waals surface area (Å²) in [5.41, 5.74) is 8.22. The molecular weight excluding hydrogens is 408 g/mol. The molecule has 0 aromatic carbocycles. The number of hydrogen-bond donors (Lipinski definition) is 3. The summed E-state index contributed by atoms with van der Waals surface area (Å²) in [6.45, 7) is 11.3. The number of hydrogen-bond acceptors (Lipinski definition) is 6. The van der Waals surface area contributed by atoms with Crippen molar-refractivity contribution in [2.24, 2.45) is 0 Å². The van der Waals surface area contributed by atoms with E-state index in [-0.39, 0.29) is 12.0 Å². The van der Waals surface area contributed by atoms with E-state index in [0.717, 1.165) is 59.1 Å². The van der Waals surface area contributed by atoms with Gasteiger partial charge in [0, 0.05) is 31.6 Å². The Labute approximate surface area is 191 Å². The molecule has 2 aromatic heterocycles. The quantitative estimate of drug-likeness (QED) is 0.311. The predicted octanol–water partition coefficient (Wildman–Crippen LogP) is 4.38. The molecule has 1 atom stereocenters. The number of aromatic nitrogens is 3. The van der Waals surface area contributed by atoms with Crippen LogP contribution < -0.4 is 10.3 Å². The Morgan fingerprint density at radius 2 is 1.90 bits per heavy atom. The second-order valence-corrected chi connectivity index (χ2v) is 9.86. The summed E-state index contributed by atoms with van der Waals surface area (Å²) in [7, 11) is 0. The molecule has 2 heterocycles. The molecule has 2 aromatic rings. The van der Waals surface area contributed by atoms with E-state index in [2.05, 4.69) is 42.2 Å². The van der Waals surface area contributed by atoms with Gasteiger partial charge in [0.1, 0.15) is 17.7 Å². The normalized spacial score (nSPS) is 13.0. The average Bonchev–Trinajstić information content (AvgIpc) is 3.07. The lowest BCUT2D eigenvalue weighted by atomic mass is 9.84. The number of aliphatic hydroxyl groups is 2. The lowest BCUT2D eigenvalue weighted by Gasteiger charge is -2.25. The van der Waals surface area contributed by atoms with Crippen molar-refractivity contribution < 1.29 is 14.8 Å². The summed E-state index contributed by atoms with van der Waals surface area (Å²) in [5.74, 6) is 1.30. The van der Waals surface area contributed by atoms with Gasteiger partial charge in [0.25, 0.3) is 5.01 Å². The number of anilines is 1. The van der Waals surface area contributed by atoms with Crippen LogP contribution >= 0.6 is 11.3 Å². The van der Waals surface area contributed by atoms with Gasteiger partial charge >= 0.3 is 0 Å². The summed E-state index contributed by atoms with van der Waals surface area (Å²) >= 11 is 1.59. The second-order valence-electron chi connectivity index (χ2n) is 8.75. The number of nitrogen functional groups attached to an aromatic ring is 1. The van der Waals surface area contributed by atoms with Crippen molar-refractivity contribution in [1.29, 1.82) is 0 Å². The zero-order valence-electron chi connectivity index (χ0n) is 19.9. The van der Waals surface area contributed by atoms with Crippen molar-refractivity contribution in [3.63, 3.8) is 0 Å². The molecular formula is C24H41N4O2S+. The summed E-state index contributed by atoms with van der Waals surface area (Å²) in [4.78, 5) is 10.4. The minimum Gasteiger partial charge on any atom is -0.396 e. The Balaban J connectivity index is 2.32. The molecule has 174 valence electrons. The molecule has 0 saturated carbocycles. The Morgan fingerprint density at radius 3 is 2.48 bits per heavy atom. The van der Waals surface area contributed by atoms with E-state index in [4.69, 9.17) is 5.73 Å². The number of rotatable bonds is 13. The summed E-state index contributed by atoms with van der Waals surface area (Å²) in [6, 6.07) is 0. The number of nitrogens with zero attached hydrogens (tertiary/aromatic N) is 3. The maximum absolute atomic E-state index is 10.9. The van der Waals surface area contributed by atoms with Crippen LogP contribution in [0.2, 0.25) is 0 Å². The SMILES string of the molecule is CCCCCCC(O)c1sc(CCO)c(C)[n+]1Cc1cnc(C(C)(CC)CC)nc1N. The van der Waals surface area contributed by atoms with Crippen molar-refractivity contribution in [3.8, 4) is 0 Å². The van der Waals surface area contributed by atoms with Crippen LogP contribution in [0.4, 0.5) is 5.82 Å². The minimum atomic E-state index is -0.516. The molecule has 6 nitrogen and oxygen atoms in total. The van der Waals surface area contributed by atoms with Crippen LogP contribution in [0.25, 0.3) is 0 Å². The molecule has 0 amide bonds. The first kappa shape index (κ1) is 25.7. The first-order valence-electron chi connectivity index (χ1n) is 11.7. The maximum atomic E-state index is 10.9. The Kier molecular flexibility index (Phi) is 9.85. The lowest BCUT2D eigenvalue weighted by Crippen LogP contribution is -2.41. The van der Waals surface area contributed by atoms with E-state index in [1.807, 2.05) is 13.1 Å². The first-order valence-corrected chi connectivity index (χ1v) is 12.6. The fraction of sp³-hybridized carbons (Fsp3) is 0.708. The van der Waals surface area contributed by atoms with Gasteiger partial charge in [0.15, 0.2) is 12.2 Å². The van der Waals surface area contributed by atoms with E-state index in [1.54, 1.807) is 11.3 Å². The molecule has 0 aliphatic heterocycles. The van der Waals surface area contributed by atoms with Crippen LogP contribution in [-0.2, 0) is 18.4 Å². The number of thiazole rings is 1. The molecule has 31 heavy (non-hydrogen) atoms. The summed E-state index contributed by atoms with van der Waals surface area (Å²) in [6.07, 6.45) is 9.10. The predicted molar refractivity (Wildman–Crippen MR) is 127 cm³/mol. The number of aliphatic hydroxyl groups excluding tert-OH is 2. The van der Waals surface area contributed by atoms with Gasteiger partial charge in [0.05, 0.1) is 10.4 Å². The highest BCUT2D eigenvalue weighted by Gasteiger charge is 2.30. The number of nitrogens with two attached hydrogens (primary N) is 1. The van der Waals surface area contributed by atoms with Gasteiger partial charge in [-0.15, -0.1) is 0 Å². The third kappa shape index (κ3) is 6.24. The monoisotopic (exact) mass is 449 g/mol.